The van der Waals surface area contributed by atoms with Crippen molar-refractivity contribution in [2.24, 2.45) is 0 Å². The van der Waals surface area contributed by atoms with Gasteiger partial charge in [0.2, 0.25) is 0 Å². The molecule has 0 aliphatic heterocycles. The van der Waals surface area contributed by atoms with E-state index in [2.05, 4.69) is 158 Å². The second-order valence-electron chi connectivity index (χ2n) is 14.3. The molecule has 0 unspecified atom stereocenters. The Morgan fingerprint density at radius 1 is 0.362 bits per heavy atom. The van der Waals surface area contributed by atoms with Gasteiger partial charge in [-0.05, 0) is 74.4 Å². The number of benzene rings is 8. The summed E-state index contributed by atoms with van der Waals surface area (Å²) in [6.45, 7) is 0. The zero-order chi connectivity index (χ0) is 38.7. The molecule has 0 aliphatic carbocycles. The molecule has 4 nitrogen and oxygen atoms in total. The van der Waals surface area contributed by atoms with Crippen LogP contribution in [0.2, 0.25) is 0 Å². The van der Waals surface area contributed by atoms with E-state index in [0.717, 1.165) is 72.0 Å². The first kappa shape index (κ1) is 34.8. The molecular formula is C54H37N3O. The predicted molar refractivity (Wildman–Crippen MR) is 237 cm³/mol. The highest BCUT2D eigenvalue weighted by atomic mass is 16.3. The Kier molecular flexibility index (Phi) is 9.26. The SMILES string of the molecule is c1ccc(C(=C(c2ccccc2)c2cccc(-c3ccccc3Cc3nc(-c4ccccc4)nc(-c4ccc5c(c4)oc4ccccc45)n3)c2)c2ccccc2)cc1. The van der Waals surface area contributed by atoms with Gasteiger partial charge < -0.3 is 4.42 Å². The molecule has 2 aromatic heterocycles. The van der Waals surface area contributed by atoms with E-state index < -0.39 is 0 Å². The number of para-hydroxylation sites is 1. The van der Waals surface area contributed by atoms with Gasteiger partial charge in [-0.1, -0.05) is 188 Å². The molecule has 0 radical (unpaired) electrons. The minimum absolute atomic E-state index is 0.517. The highest BCUT2D eigenvalue weighted by Crippen LogP contribution is 2.39. The third-order valence-corrected chi connectivity index (χ3v) is 10.6. The van der Waals surface area contributed by atoms with Crippen molar-refractivity contribution in [2.75, 3.05) is 0 Å². The molecule has 2 heterocycles. The van der Waals surface area contributed by atoms with E-state index in [9.17, 15) is 0 Å². The number of furan rings is 1. The first-order valence-electron chi connectivity index (χ1n) is 19.6. The summed E-state index contributed by atoms with van der Waals surface area (Å²) in [6, 6.07) is 74.1. The van der Waals surface area contributed by atoms with Crippen molar-refractivity contribution in [3.05, 3.63) is 246 Å². The Bertz CT molecular complexity index is 3020. The third-order valence-electron chi connectivity index (χ3n) is 10.6. The van der Waals surface area contributed by atoms with Gasteiger partial charge in [0.05, 0.1) is 0 Å². The van der Waals surface area contributed by atoms with Crippen molar-refractivity contribution in [2.45, 2.75) is 6.42 Å². The molecule has 0 saturated carbocycles. The summed E-state index contributed by atoms with van der Waals surface area (Å²) >= 11 is 0. The third kappa shape index (κ3) is 6.89. The van der Waals surface area contributed by atoms with E-state index in [1.165, 1.54) is 11.1 Å². The standard InChI is InChI=1S/C54H37N3O/c1-5-18-37(19-6-1)51(38-20-7-2-8-21-38)52(39-22-9-3-10-23-39)43-28-17-27-41(34-43)45-29-14-13-26-42(45)36-50-55-53(40-24-11-4-12-25-40)57-54(56-50)44-32-33-47-46-30-15-16-31-48(46)58-49(47)35-44/h1-35H,36H2. The summed E-state index contributed by atoms with van der Waals surface area (Å²) in [5.41, 5.74) is 13.8. The molecule has 58 heavy (non-hydrogen) atoms. The van der Waals surface area contributed by atoms with Crippen LogP contribution in [0, 0.1) is 0 Å². The second kappa shape index (κ2) is 15.4. The predicted octanol–water partition coefficient (Wildman–Crippen LogP) is 13.4. The van der Waals surface area contributed by atoms with Crippen LogP contribution in [0.15, 0.2) is 217 Å². The van der Waals surface area contributed by atoms with E-state index in [4.69, 9.17) is 19.4 Å². The lowest BCUT2D eigenvalue weighted by atomic mass is 9.84. The van der Waals surface area contributed by atoms with E-state index >= 15 is 0 Å². The molecule has 8 aromatic carbocycles. The molecule has 0 saturated heterocycles. The molecular weight excluding hydrogens is 707 g/mol. The van der Waals surface area contributed by atoms with Gasteiger partial charge in [-0.25, -0.2) is 15.0 Å². The van der Waals surface area contributed by atoms with E-state index in [1.807, 2.05) is 54.6 Å². The van der Waals surface area contributed by atoms with Crippen LogP contribution < -0.4 is 0 Å². The Hall–Kier alpha value is -7.69. The summed E-state index contributed by atoms with van der Waals surface area (Å²) in [6.07, 6.45) is 0.517. The fourth-order valence-electron chi connectivity index (χ4n) is 7.90. The summed E-state index contributed by atoms with van der Waals surface area (Å²) in [4.78, 5) is 15.2. The highest BCUT2D eigenvalue weighted by molar-refractivity contribution is 6.06. The topological polar surface area (TPSA) is 51.8 Å². The number of aromatic nitrogens is 3. The van der Waals surface area contributed by atoms with E-state index in [1.54, 1.807) is 0 Å². The van der Waals surface area contributed by atoms with Crippen LogP contribution in [-0.2, 0) is 6.42 Å². The summed E-state index contributed by atoms with van der Waals surface area (Å²) in [5, 5.41) is 2.16. The first-order valence-corrected chi connectivity index (χ1v) is 19.6. The van der Waals surface area contributed by atoms with Gasteiger partial charge in [0.15, 0.2) is 11.6 Å². The smallest absolute Gasteiger partial charge is 0.163 e. The van der Waals surface area contributed by atoms with Gasteiger partial charge in [0.1, 0.15) is 17.0 Å². The van der Waals surface area contributed by atoms with E-state index in [-0.39, 0.29) is 0 Å². The van der Waals surface area contributed by atoms with E-state index in [0.29, 0.717) is 23.9 Å². The molecule has 0 atom stereocenters. The minimum atomic E-state index is 0.517. The molecule has 0 amide bonds. The highest BCUT2D eigenvalue weighted by Gasteiger charge is 2.19. The van der Waals surface area contributed by atoms with Gasteiger partial charge in [-0.15, -0.1) is 0 Å². The van der Waals surface area contributed by atoms with Gasteiger partial charge in [0.25, 0.3) is 0 Å². The van der Waals surface area contributed by atoms with Gasteiger partial charge in [-0.2, -0.15) is 0 Å². The van der Waals surface area contributed by atoms with Crippen LogP contribution in [0.3, 0.4) is 0 Å². The molecule has 0 spiro atoms. The average Bonchev–Trinajstić information content (AvgIpc) is 3.67. The lowest BCUT2D eigenvalue weighted by Gasteiger charge is -2.19. The van der Waals surface area contributed by atoms with Crippen LogP contribution in [0.5, 0.6) is 0 Å². The number of hydrogen-bond donors (Lipinski definition) is 0. The first-order chi connectivity index (χ1) is 28.7. The van der Waals surface area contributed by atoms with Gasteiger partial charge >= 0.3 is 0 Å². The summed E-state index contributed by atoms with van der Waals surface area (Å²) in [5.74, 6) is 1.94. The molecule has 10 rings (SSSR count). The van der Waals surface area contributed by atoms with Crippen LogP contribution in [0.1, 0.15) is 33.6 Å². The molecule has 0 aliphatic rings. The Morgan fingerprint density at radius 2 is 0.879 bits per heavy atom. The summed E-state index contributed by atoms with van der Waals surface area (Å²) < 4.78 is 6.27. The number of rotatable bonds is 9. The van der Waals surface area contributed by atoms with Crippen LogP contribution in [0.4, 0.5) is 0 Å². The fraction of sp³-hybridized carbons (Fsp3) is 0.0185. The summed E-state index contributed by atoms with van der Waals surface area (Å²) in [7, 11) is 0. The molecule has 4 heteroatoms. The fourth-order valence-corrected chi connectivity index (χ4v) is 7.90. The quantitative estimate of drug-likeness (QED) is 0.138. The van der Waals surface area contributed by atoms with Crippen molar-refractivity contribution in [3.63, 3.8) is 0 Å². The Labute approximate surface area is 337 Å². The van der Waals surface area contributed by atoms with Crippen molar-refractivity contribution in [1.29, 1.82) is 0 Å². The Balaban J connectivity index is 1.09. The Morgan fingerprint density at radius 3 is 1.57 bits per heavy atom. The largest absolute Gasteiger partial charge is 0.456 e. The van der Waals surface area contributed by atoms with Gasteiger partial charge in [-0.3, -0.25) is 0 Å². The normalized spacial score (nSPS) is 11.2. The van der Waals surface area contributed by atoms with Crippen molar-refractivity contribution in [3.8, 4) is 33.9 Å². The van der Waals surface area contributed by atoms with Crippen molar-refractivity contribution < 1.29 is 4.42 Å². The van der Waals surface area contributed by atoms with Crippen LogP contribution in [0.25, 0.3) is 67.0 Å². The van der Waals surface area contributed by atoms with Crippen molar-refractivity contribution in [1.82, 2.24) is 15.0 Å². The minimum Gasteiger partial charge on any atom is -0.456 e. The lowest BCUT2D eigenvalue weighted by molar-refractivity contribution is 0.669. The maximum Gasteiger partial charge on any atom is 0.163 e. The molecule has 274 valence electrons. The second-order valence-corrected chi connectivity index (χ2v) is 14.3. The molecule has 0 fully saturated rings. The molecule has 10 aromatic rings. The number of hydrogen-bond acceptors (Lipinski definition) is 4. The maximum atomic E-state index is 6.27. The average molecular weight is 744 g/mol. The number of fused-ring (bicyclic) bond motifs is 3. The molecule has 0 bridgehead atoms. The number of nitrogens with zero attached hydrogens (tertiary/aromatic N) is 3. The van der Waals surface area contributed by atoms with Crippen molar-refractivity contribution >= 4 is 33.1 Å². The van der Waals surface area contributed by atoms with Crippen LogP contribution in [-0.4, -0.2) is 15.0 Å². The zero-order valence-electron chi connectivity index (χ0n) is 31.7. The zero-order valence-corrected chi connectivity index (χ0v) is 31.7. The monoisotopic (exact) mass is 743 g/mol. The maximum absolute atomic E-state index is 6.27. The molecule has 0 N–H and O–H groups in total. The lowest BCUT2D eigenvalue weighted by Crippen LogP contribution is -2.05. The van der Waals surface area contributed by atoms with Crippen LogP contribution >= 0.6 is 0 Å². The van der Waals surface area contributed by atoms with Gasteiger partial charge in [0, 0.05) is 28.3 Å².